The summed E-state index contributed by atoms with van der Waals surface area (Å²) in [6, 6.07) is 11.1. The fourth-order valence-corrected chi connectivity index (χ4v) is 6.03. The number of pyridine rings is 1. The van der Waals surface area contributed by atoms with Crippen LogP contribution < -0.4 is 22.1 Å². The van der Waals surface area contributed by atoms with Crippen LogP contribution in [0.25, 0.3) is 27.0 Å². The molecule has 2 heterocycles. The van der Waals surface area contributed by atoms with Gasteiger partial charge in [0.2, 0.25) is 0 Å². The van der Waals surface area contributed by atoms with Crippen LogP contribution in [-0.2, 0) is 32.5 Å². The molecular weight excluding hydrogens is 764 g/mol. The minimum Gasteiger partial charge on any atom is -0.379 e. The average molecular weight is 802 g/mol. The lowest BCUT2D eigenvalue weighted by atomic mass is 10.1. The molecule has 5 rings (SSSR count). The third-order valence-corrected chi connectivity index (χ3v) is 8.85. The van der Waals surface area contributed by atoms with Gasteiger partial charge < -0.3 is 19.5 Å². The fourth-order valence-electron chi connectivity index (χ4n) is 5.57. The van der Waals surface area contributed by atoms with Gasteiger partial charge in [-0.15, -0.1) is 0 Å². The van der Waals surface area contributed by atoms with E-state index in [0.29, 0.717) is 60.7 Å². The standard InChI is InChI=1S/C34H37FIN7O7/c1-21-30-29(31(41(2)32(21)45)39-28-9-6-23(36)20-27(28)35)33(46)43(24-7-8-24)34(47)42(30)25-5-3-4-22(18-25)19-26(44)10-12-48-14-16-50-17-15-49-13-11-38-40-37/h3-6,9,18,20,24,39H,7-8,10-17,19H2,1-2H3. The Balaban J connectivity index is 1.36. The number of ketones is 1. The van der Waals surface area contributed by atoms with Crippen molar-refractivity contribution in [3.8, 4) is 5.69 Å². The van der Waals surface area contributed by atoms with E-state index in [1.165, 1.54) is 32.9 Å². The van der Waals surface area contributed by atoms with Gasteiger partial charge in [0.05, 0.1) is 56.5 Å². The maximum absolute atomic E-state index is 15.0. The number of hydrogen-bond donors (Lipinski definition) is 1. The van der Waals surface area contributed by atoms with E-state index in [-0.39, 0.29) is 65.8 Å². The van der Waals surface area contributed by atoms with Crippen LogP contribution in [-0.4, -0.2) is 65.7 Å². The number of anilines is 2. The molecule has 0 radical (unpaired) electrons. The van der Waals surface area contributed by atoms with Crippen LogP contribution in [0.3, 0.4) is 0 Å². The number of ether oxygens (including phenoxy) is 3. The first-order valence-electron chi connectivity index (χ1n) is 16.1. The second-order valence-corrected chi connectivity index (χ2v) is 13.0. The molecule has 264 valence electrons. The van der Waals surface area contributed by atoms with E-state index in [0.717, 1.165) is 0 Å². The second kappa shape index (κ2) is 17.0. The summed E-state index contributed by atoms with van der Waals surface area (Å²) in [6.45, 7) is 3.72. The van der Waals surface area contributed by atoms with Crippen LogP contribution in [0, 0.1) is 16.3 Å². The Morgan fingerprint density at radius 2 is 1.72 bits per heavy atom. The Bertz CT molecular complexity index is 2120. The zero-order valence-electron chi connectivity index (χ0n) is 27.7. The summed E-state index contributed by atoms with van der Waals surface area (Å²) in [5.41, 5.74) is 8.00. The molecule has 0 aliphatic heterocycles. The zero-order valence-corrected chi connectivity index (χ0v) is 29.9. The number of aromatic nitrogens is 3. The molecule has 0 amide bonds. The predicted octanol–water partition coefficient (Wildman–Crippen LogP) is 4.84. The normalized spacial score (nSPS) is 12.6. The molecule has 4 aromatic rings. The number of benzene rings is 2. The minimum absolute atomic E-state index is 0.0659. The van der Waals surface area contributed by atoms with Gasteiger partial charge in [0.1, 0.15) is 22.8 Å². The first-order valence-corrected chi connectivity index (χ1v) is 17.2. The molecular formula is C34H37FIN7O7. The molecule has 50 heavy (non-hydrogen) atoms. The number of azide groups is 1. The summed E-state index contributed by atoms with van der Waals surface area (Å²) in [5, 5.41) is 6.42. The van der Waals surface area contributed by atoms with Gasteiger partial charge in [-0.3, -0.25) is 28.1 Å². The third kappa shape index (κ3) is 8.68. The lowest BCUT2D eigenvalue weighted by Crippen LogP contribution is -2.41. The Labute approximate surface area is 299 Å². The maximum Gasteiger partial charge on any atom is 0.336 e. The molecule has 16 heteroatoms. The fraction of sp³-hybridized carbons (Fsp3) is 0.412. The van der Waals surface area contributed by atoms with Crippen LogP contribution in [0.15, 0.2) is 62.0 Å². The highest BCUT2D eigenvalue weighted by Gasteiger charge is 2.31. The molecule has 1 aliphatic carbocycles. The second-order valence-electron chi connectivity index (χ2n) is 11.8. The van der Waals surface area contributed by atoms with E-state index in [4.69, 9.17) is 19.7 Å². The number of rotatable bonds is 18. The van der Waals surface area contributed by atoms with Gasteiger partial charge >= 0.3 is 5.69 Å². The summed E-state index contributed by atoms with van der Waals surface area (Å²) in [4.78, 5) is 57.2. The smallest absolute Gasteiger partial charge is 0.336 e. The van der Waals surface area contributed by atoms with Crippen LogP contribution in [0.1, 0.15) is 36.4 Å². The van der Waals surface area contributed by atoms with Crippen LogP contribution in [0.2, 0.25) is 0 Å². The van der Waals surface area contributed by atoms with E-state index < -0.39 is 22.6 Å². The van der Waals surface area contributed by atoms with Gasteiger partial charge in [-0.05, 0) is 83.8 Å². The van der Waals surface area contributed by atoms with E-state index in [1.54, 1.807) is 37.3 Å². The van der Waals surface area contributed by atoms with Crippen molar-refractivity contribution in [1.29, 1.82) is 0 Å². The third-order valence-electron chi connectivity index (χ3n) is 8.18. The van der Waals surface area contributed by atoms with Crippen molar-refractivity contribution in [2.24, 2.45) is 12.2 Å². The molecule has 14 nitrogen and oxygen atoms in total. The molecule has 2 aromatic heterocycles. The van der Waals surface area contributed by atoms with E-state index in [1.807, 2.05) is 22.6 Å². The highest BCUT2D eigenvalue weighted by Crippen LogP contribution is 2.34. The number of carbonyl (C=O) groups is 1. The van der Waals surface area contributed by atoms with Gasteiger partial charge in [-0.25, -0.2) is 9.18 Å². The lowest BCUT2D eigenvalue weighted by molar-refractivity contribution is -0.119. The molecule has 1 aliphatic rings. The first-order chi connectivity index (χ1) is 24.1. The average Bonchev–Trinajstić information content (AvgIpc) is 3.92. The number of nitrogens with zero attached hydrogens (tertiary/aromatic N) is 6. The van der Waals surface area contributed by atoms with Gasteiger partial charge in [-0.2, -0.15) is 0 Å². The van der Waals surface area contributed by atoms with E-state index >= 15 is 0 Å². The number of halogens is 2. The van der Waals surface area contributed by atoms with Crippen molar-refractivity contribution in [3.63, 3.8) is 0 Å². The quantitative estimate of drug-likeness (QED) is 0.0490. The Hall–Kier alpha value is -4.35. The monoisotopic (exact) mass is 801 g/mol. The predicted molar refractivity (Wildman–Crippen MR) is 194 cm³/mol. The Kier molecular flexibility index (Phi) is 12.6. The van der Waals surface area contributed by atoms with E-state index in [2.05, 4.69) is 15.3 Å². The summed E-state index contributed by atoms with van der Waals surface area (Å²) in [5.74, 6) is -0.573. The van der Waals surface area contributed by atoms with Crippen LogP contribution in [0.4, 0.5) is 15.9 Å². The number of hydrogen-bond acceptors (Lipinski definition) is 9. The molecule has 1 saturated carbocycles. The summed E-state index contributed by atoms with van der Waals surface area (Å²) < 4.78 is 35.7. The van der Waals surface area contributed by atoms with E-state index in [9.17, 15) is 23.6 Å². The number of nitrogens with one attached hydrogen (secondary N) is 1. The topological polar surface area (TPSA) is 172 Å². The highest BCUT2D eigenvalue weighted by molar-refractivity contribution is 14.1. The Morgan fingerprint density at radius 1 is 1.02 bits per heavy atom. The molecule has 1 fully saturated rings. The molecule has 2 aromatic carbocycles. The highest BCUT2D eigenvalue weighted by atomic mass is 127. The number of aryl methyl sites for hydroxylation is 1. The molecule has 0 unspecified atom stereocenters. The summed E-state index contributed by atoms with van der Waals surface area (Å²) in [6.07, 6.45) is 1.55. The minimum atomic E-state index is -0.591. The number of fused-ring (bicyclic) bond motifs is 1. The van der Waals surface area contributed by atoms with Gasteiger partial charge in [-0.1, -0.05) is 17.2 Å². The lowest BCUT2D eigenvalue weighted by Gasteiger charge is -2.21. The van der Waals surface area contributed by atoms with Crippen LogP contribution >= 0.6 is 22.6 Å². The number of carbonyl (C=O) groups excluding carboxylic acids is 1. The van der Waals surface area contributed by atoms with Crippen molar-refractivity contribution in [2.75, 3.05) is 51.5 Å². The van der Waals surface area contributed by atoms with Crippen molar-refractivity contribution in [2.45, 2.75) is 38.6 Å². The maximum atomic E-state index is 15.0. The molecule has 0 bridgehead atoms. The van der Waals surface area contributed by atoms with Crippen LogP contribution in [0.5, 0.6) is 0 Å². The van der Waals surface area contributed by atoms with Crippen molar-refractivity contribution in [3.05, 3.63) is 105 Å². The summed E-state index contributed by atoms with van der Waals surface area (Å²) in [7, 11) is 1.49. The summed E-state index contributed by atoms with van der Waals surface area (Å²) >= 11 is 1.99. The SMILES string of the molecule is Cc1c(=O)n(C)c(Nc2ccc(I)cc2F)c2c(=O)n(C3CC3)c(=O)n(-c3cccc(CC(=O)CCOCCOCCOCCN=[N+]=[N-])c3)c12. The van der Waals surface area contributed by atoms with Gasteiger partial charge in [0.15, 0.2) is 0 Å². The molecule has 0 saturated heterocycles. The Morgan fingerprint density at radius 3 is 2.40 bits per heavy atom. The van der Waals surface area contributed by atoms with Crippen molar-refractivity contribution >= 4 is 50.8 Å². The molecule has 0 atom stereocenters. The van der Waals surface area contributed by atoms with Gasteiger partial charge in [0.25, 0.3) is 11.1 Å². The largest absolute Gasteiger partial charge is 0.379 e. The zero-order chi connectivity index (χ0) is 35.8. The van der Waals surface area contributed by atoms with Gasteiger partial charge in [0, 0.05) is 46.5 Å². The molecule has 0 spiro atoms. The first kappa shape index (κ1) is 36.9. The van der Waals surface area contributed by atoms with Crippen molar-refractivity contribution in [1.82, 2.24) is 13.7 Å². The molecule has 1 N–H and O–H groups in total. The number of Topliss-reactive ketones (excluding diaryl/α,β-unsaturated/α-hetero) is 1. The van der Waals surface area contributed by atoms with Crippen molar-refractivity contribution < 1.29 is 23.4 Å².